The summed E-state index contributed by atoms with van der Waals surface area (Å²) in [5.74, 6) is -0.276. The maximum atomic E-state index is 10.2. The number of aromatic nitrogens is 1. The van der Waals surface area contributed by atoms with Crippen molar-refractivity contribution in [3.05, 3.63) is 57.6 Å². The maximum Gasteiger partial charge on any atom is 0.141 e. The van der Waals surface area contributed by atoms with Crippen LogP contribution in [0.4, 0.5) is 0 Å². The molecule has 1 aliphatic carbocycles. The Morgan fingerprint density at radius 3 is 2.05 bits per heavy atom. The van der Waals surface area contributed by atoms with E-state index in [0.29, 0.717) is 11.3 Å². The van der Waals surface area contributed by atoms with Crippen LogP contribution < -0.4 is 0 Å². The van der Waals surface area contributed by atoms with E-state index in [0.717, 1.165) is 0 Å². The molecular formula is C16H7N5O. The zero-order valence-electron chi connectivity index (χ0n) is 11.4. The van der Waals surface area contributed by atoms with Crippen LogP contribution in [0.25, 0.3) is 5.57 Å². The molecule has 2 rings (SSSR count). The van der Waals surface area contributed by atoms with Crippen molar-refractivity contribution >= 4 is 5.57 Å². The fraction of sp³-hybridized carbons (Fsp3) is 0.0625. The number of pyridine rings is 1. The monoisotopic (exact) mass is 285 g/mol. The first-order valence-electron chi connectivity index (χ1n) is 6.05. The summed E-state index contributed by atoms with van der Waals surface area (Å²) in [6, 6.07) is 10.1. The maximum absolute atomic E-state index is 10.2. The normalized spacial score (nSPS) is 12.4. The van der Waals surface area contributed by atoms with Crippen LogP contribution in [0, 0.1) is 52.2 Å². The molecular weight excluding hydrogens is 278 g/mol. The van der Waals surface area contributed by atoms with Gasteiger partial charge in [-0.15, -0.1) is 0 Å². The van der Waals surface area contributed by atoms with E-state index in [1.807, 2.05) is 0 Å². The lowest BCUT2D eigenvalue weighted by Crippen LogP contribution is -2.16. The topological polar surface area (TPSA) is 128 Å². The van der Waals surface area contributed by atoms with E-state index in [2.05, 4.69) is 4.98 Å². The van der Waals surface area contributed by atoms with Crippen LogP contribution in [0.5, 0.6) is 0 Å². The van der Waals surface area contributed by atoms with Gasteiger partial charge in [-0.05, 0) is 24.6 Å². The van der Waals surface area contributed by atoms with Gasteiger partial charge in [0.15, 0.2) is 0 Å². The second-order valence-electron chi connectivity index (χ2n) is 4.36. The van der Waals surface area contributed by atoms with E-state index in [4.69, 9.17) is 21.0 Å². The summed E-state index contributed by atoms with van der Waals surface area (Å²) in [6.07, 6.45) is 1.53. The van der Waals surface area contributed by atoms with Gasteiger partial charge in [0.1, 0.15) is 41.2 Å². The summed E-state index contributed by atoms with van der Waals surface area (Å²) >= 11 is 0. The van der Waals surface area contributed by atoms with Gasteiger partial charge in [0, 0.05) is 23.0 Å². The molecule has 6 heteroatoms. The Hall–Kier alpha value is -3.87. The number of nitriles is 4. The summed E-state index contributed by atoms with van der Waals surface area (Å²) in [5, 5.41) is 46.3. The van der Waals surface area contributed by atoms with Gasteiger partial charge in [0.2, 0.25) is 0 Å². The Morgan fingerprint density at radius 1 is 1.00 bits per heavy atom. The van der Waals surface area contributed by atoms with E-state index < -0.39 is 0 Å². The number of aliphatic hydroxyl groups is 1. The summed E-state index contributed by atoms with van der Waals surface area (Å²) < 4.78 is 0. The Bertz CT molecular complexity index is 904. The minimum Gasteiger partial charge on any atom is -0.507 e. The smallest absolute Gasteiger partial charge is 0.141 e. The van der Waals surface area contributed by atoms with Crippen molar-refractivity contribution in [2.45, 2.75) is 6.92 Å². The summed E-state index contributed by atoms with van der Waals surface area (Å²) in [5.41, 5.74) is 0.957. The number of allylic oxidation sites excluding steroid dienone is 4. The first-order valence-corrected chi connectivity index (χ1v) is 6.05. The van der Waals surface area contributed by atoms with Crippen LogP contribution in [0.3, 0.4) is 0 Å². The van der Waals surface area contributed by atoms with E-state index >= 15 is 0 Å². The molecule has 0 saturated carbocycles. The molecule has 1 heterocycles. The molecule has 0 saturated heterocycles. The highest BCUT2D eigenvalue weighted by atomic mass is 16.3. The lowest BCUT2D eigenvalue weighted by molar-refractivity contribution is 0.420. The van der Waals surface area contributed by atoms with Crippen molar-refractivity contribution < 1.29 is 5.11 Å². The number of nitrogens with zero attached hydrogens (tertiary/aromatic N) is 5. The summed E-state index contributed by atoms with van der Waals surface area (Å²) in [6.45, 7) is 1.76. The second kappa shape index (κ2) is 5.63. The van der Waals surface area contributed by atoms with Crippen LogP contribution in [0.15, 0.2) is 46.4 Å². The number of aliphatic hydroxyl groups excluding tert-OH is 1. The molecule has 0 aromatic carbocycles. The standard InChI is InChI=1S/C16H7N5O/c1-9-4-10(2-3-21-9)14-13(11(5-17)6-18)15(16(14)22)12(7-19)8-20/h2-4,22H,1H3. The highest BCUT2D eigenvalue weighted by Crippen LogP contribution is 2.47. The Kier molecular flexibility index (Phi) is 3.72. The Labute approximate surface area is 126 Å². The van der Waals surface area contributed by atoms with Crippen LogP contribution in [0.1, 0.15) is 11.3 Å². The molecule has 0 aliphatic heterocycles. The SMILES string of the molecule is Cc1cc(C2=C(O)C(=C(C#N)C#N)C2=C(C#N)C#N)ccn1. The van der Waals surface area contributed by atoms with Gasteiger partial charge >= 0.3 is 0 Å². The van der Waals surface area contributed by atoms with Crippen LogP contribution in [0.2, 0.25) is 0 Å². The zero-order valence-corrected chi connectivity index (χ0v) is 11.4. The fourth-order valence-electron chi connectivity index (χ4n) is 2.17. The summed E-state index contributed by atoms with van der Waals surface area (Å²) in [4.78, 5) is 4.04. The zero-order chi connectivity index (χ0) is 16.3. The van der Waals surface area contributed by atoms with Gasteiger partial charge in [0.25, 0.3) is 0 Å². The first-order chi connectivity index (χ1) is 10.6. The Morgan fingerprint density at radius 2 is 1.55 bits per heavy atom. The molecule has 0 atom stereocenters. The number of rotatable bonds is 1. The van der Waals surface area contributed by atoms with Gasteiger partial charge in [-0.1, -0.05) is 0 Å². The quantitative estimate of drug-likeness (QED) is 0.788. The van der Waals surface area contributed by atoms with E-state index in [1.165, 1.54) is 6.20 Å². The minimum atomic E-state index is -0.343. The summed E-state index contributed by atoms with van der Waals surface area (Å²) in [7, 11) is 0. The predicted octanol–water partition coefficient (Wildman–Crippen LogP) is 2.36. The van der Waals surface area contributed by atoms with Crippen molar-refractivity contribution in [2.24, 2.45) is 0 Å². The highest BCUT2D eigenvalue weighted by Gasteiger charge is 2.36. The molecule has 22 heavy (non-hydrogen) atoms. The molecule has 1 aromatic rings. The van der Waals surface area contributed by atoms with Gasteiger partial charge in [-0.2, -0.15) is 21.0 Å². The van der Waals surface area contributed by atoms with Crippen molar-refractivity contribution in [3.8, 4) is 24.3 Å². The third kappa shape index (κ3) is 2.08. The van der Waals surface area contributed by atoms with Gasteiger partial charge in [-0.25, -0.2) is 0 Å². The van der Waals surface area contributed by atoms with E-state index in [9.17, 15) is 5.11 Å². The van der Waals surface area contributed by atoms with Crippen LogP contribution in [-0.4, -0.2) is 10.1 Å². The van der Waals surface area contributed by atoms with Crippen LogP contribution in [-0.2, 0) is 0 Å². The number of aryl methyl sites for hydroxylation is 1. The van der Waals surface area contributed by atoms with Crippen molar-refractivity contribution in [1.29, 1.82) is 21.0 Å². The third-order valence-electron chi connectivity index (χ3n) is 3.11. The van der Waals surface area contributed by atoms with Gasteiger partial charge < -0.3 is 5.11 Å². The van der Waals surface area contributed by atoms with Crippen molar-refractivity contribution in [1.82, 2.24) is 4.98 Å². The first kappa shape index (κ1) is 14.5. The minimum absolute atomic E-state index is 0.0624. The Balaban J connectivity index is 2.86. The second-order valence-corrected chi connectivity index (χ2v) is 4.36. The van der Waals surface area contributed by atoms with Crippen molar-refractivity contribution in [2.75, 3.05) is 0 Å². The predicted molar refractivity (Wildman–Crippen MR) is 75.0 cm³/mol. The molecule has 1 aromatic heterocycles. The lowest BCUT2D eigenvalue weighted by atomic mass is 9.75. The molecule has 0 amide bonds. The van der Waals surface area contributed by atoms with Crippen LogP contribution >= 0.6 is 0 Å². The molecule has 0 fully saturated rings. The molecule has 6 nitrogen and oxygen atoms in total. The van der Waals surface area contributed by atoms with Crippen molar-refractivity contribution in [3.63, 3.8) is 0 Å². The third-order valence-corrected chi connectivity index (χ3v) is 3.11. The largest absolute Gasteiger partial charge is 0.507 e. The number of hydrogen-bond donors (Lipinski definition) is 1. The molecule has 1 aliphatic rings. The lowest BCUT2D eigenvalue weighted by Gasteiger charge is -2.27. The van der Waals surface area contributed by atoms with E-state index in [1.54, 1.807) is 43.3 Å². The van der Waals surface area contributed by atoms with Gasteiger partial charge in [0.05, 0.1) is 5.57 Å². The molecule has 1 N–H and O–H groups in total. The fourth-order valence-corrected chi connectivity index (χ4v) is 2.17. The molecule has 0 spiro atoms. The average molecular weight is 285 g/mol. The highest BCUT2D eigenvalue weighted by molar-refractivity contribution is 6.00. The molecule has 102 valence electrons. The van der Waals surface area contributed by atoms with Gasteiger partial charge in [-0.3, -0.25) is 4.98 Å². The number of hydrogen-bond acceptors (Lipinski definition) is 6. The molecule has 0 bridgehead atoms. The molecule has 0 radical (unpaired) electrons. The van der Waals surface area contributed by atoms with E-state index in [-0.39, 0.29) is 33.6 Å². The average Bonchev–Trinajstić information content (AvgIpc) is 2.52. The molecule has 0 unspecified atom stereocenters.